The van der Waals surface area contributed by atoms with Gasteiger partial charge >= 0.3 is 0 Å². The molecular weight excluding hydrogens is 500 g/mol. The van der Waals surface area contributed by atoms with Gasteiger partial charge in [-0.1, -0.05) is 26.0 Å². The molecular formula is C31H40O8. The van der Waals surface area contributed by atoms with Gasteiger partial charge < -0.3 is 37.9 Å². The van der Waals surface area contributed by atoms with Crippen molar-refractivity contribution in [2.75, 3.05) is 52.9 Å². The first kappa shape index (κ1) is 27.0. The predicted octanol–water partition coefficient (Wildman–Crippen LogP) is 4.02. The molecule has 0 amide bonds. The number of aryl methyl sites for hydroxylation is 2. The zero-order chi connectivity index (χ0) is 27.0. The monoisotopic (exact) mass is 540 g/mol. The molecule has 2 aromatic carbocycles. The van der Waals surface area contributed by atoms with Crippen LogP contribution in [0.25, 0.3) is 0 Å². The van der Waals surface area contributed by atoms with Crippen molar-refractivity contribution < 1.29 is 37.9 Å². The van der Waals surface area contributed by atoms with Gasteiger partial charge in [0, 0.05) is 16.5 Å². The van der Waals surface area contributed by atoms with Crippen LogP contribution in [0.1, 0.15) is 47.2 Å². The van der Waals surface area contributed by atoms with Gasteiger partial charge in [-0.25, -0.2) is 0 Å². The van der Waals surface area contributed by atoms with E-state index in [0.29, 0.717) is 39.6 Å². The van der Waals surface area contributed by atoms with E-state index in [-0.39, 0.29) is 29.8 Å². The maximum Gasteiger partial charge on any atom is 0.127 e. The lowest BCUT2D eigenvalue weighted by Crippen LogP contribution is -2.21. The lowest BCUT2D eigenvalue weighted by molar-refractivity contribution is 0.101. The van der Waals surface area contributed by atoms with Crippen LogP contribution in [-0.4, -0.2) is 77.3 Å². The minimum absolute atomic E-state index is 0.191. The second-order valence-electron chi connectivity index (χ2n) is 11.7. The summed E-state index contributed by atoms with van der Waals surface area (Å²) in [5.41, 5.74) is 6.41. The molecule has 212 valence electrons. The molecule has 4 aliphatic heterocycles. The Morgan fingerprint density at radius 1 is 0.615 bits per heavy atom. The molecule has 0 saturated carbocycles. The second-order valence-corrected chi connectivity index (χ2v) is 11.7. The van der Waals surface area contributed by atoms with Crippen molar-refractivity contribution in [3.8, 4) is 11.5 Å². The minimum Gasteiger partial charge on any atom is -0.490 e. The molecule has 2 aromatic rings. The topological polar surface area (TPSA) is 87.0 Å². The van der Waals surface area contributed by atoms with E-state index in [1.165, 1.54) is 11.1 Å². The first-order valence-electron chi connectivity index (χ1n) is 14.0. The molecule has 8 heteroatoms. The normalized spacial score (nSPS) is 24.9. The standard InChI is InChI=1S/C31H40O8/c1-19-5-23(7-21(9-32-11-25-13-34-25)29(19)38-17-27-15-36-27)31(3,4)24-6-20(2)30(39-18-28-16-37-28)22(8-24)10-33-12-26-14-35-26/h5-8,25-28H,9-18H2,1-4H3. The Morgan fingerprint density at radius 3 is 1.33 bits per heavy atom. The molecule has 0 N–H and O–H groups in total. The van der Waals surface area contributed by atoms with Gasteiger partial charge in [0.1, 0.15) is 49.1 Å². The average Bonchev–Trinajstić information content (AvgIpc) is 3.74. The van der Waals surface area contributed by atoms with Crippen LogP contribution in [0.2, 0.25) is 0 Å². The Labute approximate surface area is 230 Å². The van der Waals surface area contributed by atoms with E-state index in [1.54, 1.807) is 0 Å². The van der Waals surface area contributed by atoms with Crippen LogP contribution in [-0.2, 0) is 47.0 Å². The molecule has 4 fully saturated rings. The molecule has 0 aromatic heterocycles. The van der Waals surface area contributed by atoms with Gasteiger partial charge in [-0.05, 0) is 48.2 Å². The molecule has 4 heterocycles. The van der Waals surface area contributed by atoms with E-state index in [1.807, 2.05) is 0 Å². The fourth-order valence-electron chi connectivity index (χ4n) is 4.82. The first-order valence-corrected chi connectivity index (χ1v) is 14.0. The van der Waals surface area contributed by atoms with E-state index >= 15 is 0 Å². The van der Waals surface area contributed by atoms with Crippen LogP contribution in [0.5, 0.6) is 11.5 Å². The second kappa shape index (κ2) is 11.4. The van der Waals surface area contributed by atoms with Crippen LogP contribution in [0.3, 0.4) is 0 Å². The number of ether oxygens (including phenoxy) is 8. The third-order valence-corrected chi connectivity index (χ3v) is 7.71. The van der Waals surface area contributed by atoms with E-state index in [4.69, 9.17) is 37.9 Å². The fourth-order valence-corrected chi connectivity index (χ4v) is 4.82. The number of benzene rings is 2. The van der Waals surface area contributed by atoms with Gasteiger partial charge in [0.25, 0.3) is 0 Å². The molecule has 4 saturated heterocycles. The molecule has 4 aliphatic rings. The SMILES string of the molecule is Cc1cc(C(C)(C)c2cc(C)c(OCC3CO3)c(COCC3CO3)c2)cc(COCC2CO2)c1OCC1CO1. The van der Waals surface area contributed by atoms with Crippen molar-refractivity contribution in [2.45, 2.75) is 70.7 Å². The van der Waals surface area contributed by atoms with Crippen LogP contribution >= 0.6 is 0 Å². The number of rotatable bonds is 16. The number of hydrogen-bond acceptors (Lipinski definition) is 8. The lowest BCUT2D eigenvalue weighted by atomic mass is 9.76. The van der Waals surface area contributed by atoms with Crippen molar-refractivity contribution in [1.82, 2.24) is 0 Å². The lowest BCUT2D eigenvalue weighted by Gasteiger charge is -2.30. The highest BCUT2D eigenvalue weighted by Crippen LogP contribution is 2.40. The first-order chi connectivity index (χ1) is 18.9. The molecule has 0 spiro atoms. The molecule has 6 rings (SSSR count). The molecule has 4 unspecified atom stereocenters. The van der Waals surface area contributed by atoms with Gasteiger partial charge in [-0.15, -0.1) is 0 Å². The summed E-state index contributed by atoms with van der Waals surface area (Å²) >= 11 is 0. The molecule has 0 aliphatic carbocycles. The maximum atomic E-state index is 6.22. The van der Waals surface area contributed by atoms with E-state index < -0.39 is 0 Å². The van der Waals surface area contributed by atoms with Gasteiger partial charge in [-0.3, -0.25) is 0 Å². The summed E-state index contributed by atoms with van der Waals surface area (Å²) in [6.45, 7) is 15.1. The van der Waals surface area contributed by atoms with Crippen LogP contribution in [0, 0.1) is 13.8 Å². The third-order valence-electron chi connectivity index (χ3n) is 7.71. The smallest absolute Gasteiger partial charge is 0.127 e. The van der Waals surface area contributed by atoms with Crippen molar-refractivity contribution in [1.29, 1.82) is 0 Å². The molecule has 8 nitrogen and oxygen atoms in total. The number of hydrogen-bond donors (Lipinski definition) is 0. The van der Waals surface area contributed by atoms with Crippen molar-refractivity contribution in [2.24, 2.45) is 0 Å². The molecule has 0 bridgehead atoms. The highest BCUT2D eigenvalue weighted by molar-refractivity contribution is 5.52. The Balaban J connectivity index is 1.27. The van der Waals surface area contributed by atoms with Crippen molar-refractivity contribution >= 4 is 0 Å². The van der Waals surface area contributed by atoms with Crippen LogP contribution in [0.15, 0.2) is 24.3 Å². The zero-order valence-corrected chi connectivity index (χ0v) is 23.5. The van der Waals surface area contributed by atoms with Gasteiger partial charge in [0.2, 0.25) is 0 Å². The number of epoxide rings is 4. The van der Waals surface area contributed by atoms with Gasteiger partial charge in [0.05, 0.1) is 52.9 Å². The third kappa shape index (κ3) is 7.12. The summed E-state index contributed by atoms with van der Waals surface area (Å²) in [6, 6.07) is 8.94. The Bertz CT molecular complexity index is 1070. The summed E-state index contributed by atoms with van der Waals surface area (Å²) in [5, 5.41) is 0. The summed E-state index contributed by atoms with van der Waals surface area (Å²) in [7, 11) is 0. The van der Waals surface area contributed by atoms with Crippen LogP contribution in [0.4, 0.5) is 0 Å². The van der Waals surface area contributed by atoms with E-state index in [2.05, 4.69) is 52.0 Å². The Hall–Kier alpha value is -2.20. The highest BCUT2D eigenvalue weighted by Gasteiger charge is 2.30. The van der Waals surface area contributed by atoms with E-state index in [0.717, 1.165) is 60.2 Å². The molecule has 4 atom stereocenters. The van der Waals surface area contributed by atoms with Crippen molar-refractivity contribution in [3.63, 3.8) is 0 Å². The van der Waals surface area contributed by atoms with Gasteiger partial charge in [0.15, 0.2) is 0 Å². The Kier molecular flexibility index (Phi) is 7.86. The molecule has 0 radical (unpaired) electrons. The summed E-state index contributed by atoms with van der Waals surface area (Å²) in [4.78, 5) is 0. The minimum atomic E-state index is -0.283. The van der Waals surface area contributed by atoms with E-state index in [9.17, 15) is 0 Å². The fraction of sp³-hybridized carbons (Fsp3) is 0.613. The maximum absolute atomic E-state index is 6.22. The summed E-state index contributed by atoms with van der Waals surface area (Å²) in [6.07, 6.45) is 0.822. The molecule has 39 heavy (non-hydrogen) atoms. The highest BCUT2D eigenvalue weighted by atomic mass is 16.6. The van der Waals surface area contributed by atoms with Gasteiger partial charge in [-0.2, -0.15) is 0 Å². The van der Waals surface area contributed by atoms with Crippen LogP contribution < -0.4 is 9.47 Å². The largest absolute Gasteiger partial charge is 0.490 e. The summed E-state index contributed by atoms with van der Waals surface area (Å²) in [5.74, 6) is 1.78. The summed E-state index contributed by atoms with van der Waals surface area (Å²) < 4.78 is 45.9. The zero-order valence-electron chi connectivity index (χ0n) is 23.5. The van der Waals surface area contributed by atoms with Crippen molar-refractivity contribution in [3.05, 3.63) is 57.6 Å². The predicted molar refractivity (Wildman–Crippen MR) is 144 cm³/mol. The quantitative estimate of drug-likeness (QED) is 0.295. The Morgan fingerprint density at radius 2 is 0.974 bits per heavy atom. The average molecular weight is 541 g/mol.